The molecule has 0 saturated heterocycles. The summed E-state index contributed by atoms with van der Waals surface area (Å²) < 4.78 is 14.1. The second kappa shape index (κ2) is 9.92. The number of halogens is 1. The van der Waals surface area contributed by atoms with Crippen LogP contribution in [-0.2, 0) is 6.54 Å². The number of aliphatic hydroxyl groups is 1. The van der Waals surface area contributed by atoms with E-state index in [2.05, 4.69) is 32.8 Å². The van der Waals surface area contributed by atoms with Gasteiger partial charge in [-0.2, -0.15) is 0 Å². The number of rotatable bonds is 6. The highest BCUT2D eigenvalue weighted by Gasteiger charge is 2.21. The Morgan fingerprint density at radius 1 is 1.16 bits per heavy atom. The lowest BCUT2D eigenvalue weighted by Gasteiger charge is -2.26. The van der Waals surface area contributed by atoms with Gasteiger partial charge >= 0.3 is 0 Å². The summed E-state index contributed by atoms with van der Waals surface area (Å²) in [6.07, 6.45) is 10.1. The van der Waals surface area contributed by atoms with Gasteiger partial charge in [-0.3, -0.25) is 0 Å². The average Bonchev–Trinajstić information content (AvgIpc) is 2.96. The van der Waals surface area contributed by atoms with Crippen LogP contribution in [0.15, 0.2) is 54.5 Å². The van der Waals surface area contributed by atoms with Crippen LogP contribution >= 0.6 is 0 Å². The van der Waals surface area contributed by atoms with Gasteiger partial charge in [-0.05, 0) is 44.2 Å². The third-order valence-electron chi connectivity index (χ3n) is 5.86. The van der Waals surface area contributed by atoms with Gasteiger partial charge in [-0.25, -0.2) is 14.4 Å². The van der Waals surface area contributed by atoms with Crippen LogP contribution in [0.3, 0.4) is 0 Å². The summed E-state index contributed by atoms with van der Waals surface area (Å²) in [7, 11) is 2.04. The monoisotopic (exact) mass is 423 g/mol. The summed E-state index contributed by atoms with van der Waals surface area (Å²) in [5.74, 6) is 0.387. The first-order chi connectivity index (χ1) is 15.1. The highest BCUT2D eigenvalue weighted by atomic mass is 19.1. The number of allylic oxidation sites excluding steroid dienone is 1. The fourth-order valence-electron chi connectivity index (χ4n) is 4.06. The van der Waals surface area contributed by atoms with Crippen LogP contribution in [0.4, 0.5) is 10.3 Å². The summed E-state index contributed by atoms with van der Waals surface area (Å²) in [5, 5.41) is 16.6. The first-order valence-corrected chi connectivity index (χ1v) is 11.0. The van der Waals surface area contributed by atoms with E-state index < -0.39 is 0 Å². The van der Waals surface area contributed by atoms with Crippen molar-refractivity contribution in [3.8, 4) is 0 Å². The number of hydrogen-bond acceptors (Lipinski definition) is 6. The SMILES string of the molecule is CN1C=C(c2ccnc(NC3CCC(O)CC3)n2)C(NCc2ccccc2F)=CCC1. The van der Waals surface area contributed by atoms with E-state index >= 15 is 0 Å². The molecule has 2 aliphatic rings. The third kappa shape index (κ3) is 5.61. The fraction of sp³-hybridized carbons (Fsp3) is 0.417. The molecule has 164 valence electrons. The predicted octanol–water partition coefficient (Wildman–Crippen LogP) is 3.68. The molecule has 6 nitrogen and oxygen atoms in total. The van der Waals surface area contributed by atoms with Crippen LogP contribution in [0.5, 0.6) is 0 Å². The fourth-order valence-corrected chi connectivity index (χ4v) is 4.06. The van der Waals surface area contributed by atoms with Gasteiger partial charge in [0.1, 0.15) is 5.82 Å². The van der Waals surface area contributed by atoms with Crippen LogP contribution in [0.1, 0.15) is 43.4 Å². The molecule has 2 heterocycles. The predicted molar refractivity (Wildman–Crippen MR) is 120 cm³/mol. The summed E-state index contributed by atoms with van der Waals surface area (Å²) in [6, 6.07) is 9.00. The minimum Gasteiger partial charge on any atom is -0.393 e. The van der Waals surface area contributed by atoms with Crippen LogP contribution in [-0.4, -0.2) is 45.7 Å². The van der Waals surface area contributed by atoms with Gasteiger partial charge in [-0.1, -0.05) is 24.3 Å². The Morgan fingerprint density at radius 3 is 2.77 bits per heavy atom. The maximum Gasteiger partial charge on any atom is 0.223 e. The molecule has 7 heteroatoms. The number of nitrogens with zero attached hydrogens (tertiary/aromatic N) is 3. The standard InChI is InChI=1S/C24H30FN5O/c1-30-14-4-7-22(27-15-17-5-2-3-6-21(17)25)20(16-30)23-12-13-26-24(29-23)28-18-8-10-19(31)11-9-18/h2-3,5-7,12-13,16,18-19,27,31H,4,8-11,14-15H2,1H3,(H,26,28,29). The van der Waals surface area contributed by atoms with E-state index in [0.29, 0.717) is 18.1 Å². The molecule has 2 aromatic rings. The molecule has 1 aliphatic carbocycles. The second-order valence-electron chi connectivity index (χ2n) is 8.29. The molecule has 1 aromatic heterocycles. The molecule has 0 bridgehead atoms. The largest absolute Gasteiger partial charge is 0.393 e. The normalized spacial score (nSPS) is 21.7. The Hall–Kier alpha value is -2.93. The lowest BCUT2D eigenvalue weighted by Crippen LogP contribution is -2.29. The average molecular weight is 424 g/mol. The first-order valence-electron chi connectivity index (χ1n) is 11.0. The van der Waals surface area contributed by atoms with E-state index in [1.165, 1.54) is 6.07 Å². The Morgan fingerprint density at radius 2 is 1.97 bits per heavy atom. The smallest absolute Gasteiger partial charge is 0.223 e. The number of aliphatic hydroxyl groups excluding tert-OH is 1. The molecule has 1 aliphatic heterocycles. The molecule has 3 N–H and O–H groups in total. The zero-order chi connectivity index (χ0) is 21.6. The second-order valence-corrected chi connectivity index (χ2v) is 8.29. The Bertz CT molecular complexity index is 952. The molecule has 0 spiro atoms. The zero-order valence-corrected chi connectivity index (χ0v) is 17.9. The van der Waals surface area contributed by atoms with Crippen molar-refractivity contribution in [3.05, 3.63) is 71.6 Å². The quantitative estimate of drug-likeness (QED) is 0.658. The Balaban J connectivity index is 1.52. The van der Waals surface area contributed by atoms with E-state index in [0.717, 1.165) is 55.6 Å². The lowest BCUT2D eigenvalue weighted by molar-refractivity contribution is 0.126. The molecular weight excluding hydrogens is 393 g/mol. The molecule has 4 rings (SSSR count). The maximum atomic E-state index is 14.1. The summed E-state index contributed by atoms with van der Waals surface area (Å²) in [5.41, 5.74) is 3.35. The molecule has 0 unspecified atom stereocenters. The minimum absolute atomic E-state index is 0.190. The molecular formula is C24H30FN5O. The van der Waals surface area contributed by atoms with Gasteiger partial charge in [0.25, 0.3) is 0 Å². The number of benzene rings is 1. The van der Waals surface area contributed by atoms with Crippen LogP contribution in [0.25, 0.3) is 5.57 Å². The van der Waals surface area contributed by atoms with Crippen LogP contribution < -0.4 is 10.6 Å². The molecule has 1 fully saturated rings. The van der Waals surface area contributed by atoms with Crippen molar-refractivity contribution in [2.24, 2.45) is 0 Å². The molecule has 0 radical (unpaired) electrons. The summed E-state index contributed by atoms with van der Waals surface area (Å²) >= 11 is 0. The van der Waals surface area contributed by atoms with Crippen molar-refractivity contribution in [1.29, 1.82) is 0 Å². The van der Waals surface area contributed by atoms with Crippen molar-refractivity contribution < 1.29 is 9.50 Å². The van der Waals surface area contributed by atoms with Gasteiger partial charge in [-0.15, -0.1) is 0 Å². The molecule has 31 heavy (non-hydrogen) atoms. The van der Waals surface area contributed by atoms with Gasteiger partial charge in [0.2, 0.25) is 5.95 Å². The minimum atomic E-state index is -0.210. The van der Waals surface area contributed by atoms with Gasteiger partial charge in [0.05, 0.1) is 11.8 Å². The van der Waals surface area contributed by atoms with Gasteiger partial charge < -0.3 is 20.6 Å². The highest BCUT2D eigenvalue weighted by Crippen LogP contribution is 2.26. The molecule has 1 saturated carbocycles. The summed E-state index contributed by atoms with van der Waals surface area (Å²) in [6.45, 7) is 1.30. The third-order valence-corrected chi connectivity index (χ3v) is 5.86. The Labute approximate surface area is 182 Å². The van der Waals surface area contributed by atoms with Crippen molar-refractivity contribution in [1.82, 2.24) is 20.2 Å². The number of anilines is 1. The van der Waals surface area contributed by atoms with Crippen molar-refractivity contribution in [2.45, 2.75) is 50.8 Å². The topological polar surface area (TPSA) is 73.3 Å². The van der Waals surface area contributed by atoms with E-state index in [9.17, 15) is 9.50 Å². The van der Waals surface area contributed by atoms with Gasteiger partial charge in [0, 0.05) is 55.4 Å². The van der Waals surface area contributed by atoms with E-state index in [-0.39, 0.29) is 18.0 Å². The maximum absolute atomic E-state index is 14.1. The Kier molecular flexibility index (Phi) is 6.82. The lowest BCUT2D eigenvalue weighted by atomic mass is 9.93. The summed E-state index contributed by atoms with van der Waals surface area (Å²) in [4.78, 5) is 11.3. The molecule has 0 atom stereocenters. The van der Waals surface area contributed by atoms with Crippen LogP contribution in [0, 0.1) is 5.82 Å². The number of hydrogen-bond donors (Lipinski definition) is 3. The van der Waals surface area contributed by atoms with Crippen molar-refractivity contribution in [2.75, 3.05) is 18.9 Å². The van der Waals surface area contributed by atoms with E-state index in [1.807, 2.05) is 19.2 Å². The van der Waals surface area contributed by atoms with E-state index in [1.54, 1.807) is 18.3 Å². The van der Waals surface area contributed by atoms with Gasteiger partial charge in [0.15, 0.2) is 0 Å². The first kappa shape index (κ1) is 21.3. The number of nitrogens with one attached hydrogen (secondary N) is 2. The highest BCUT2D eigenvalue weighted by molar-refractivity contribution is 5.76. The molecule has 1 aromatic carbocycles. The number of aromatic nitrogens is 2. The van der Waals surface area contributed by atoms with Crippen molar-refractivity contribution in [3.63, 3.8) is 0 Å². The van der Waals surface area contributed by atoms with E-state index in [4.69, 9.17) is 4.98 Å². The molecule has 0 amide bonds. The van der Waals surface area contributed by atoms with Crippen molar-refractivity contribution >= 4 is 11.5 Å². The van der Waals surface area contributed by atoms with Crippen LogP contribution in [0.2, 0.25) is 0 Å². The zero-order valence-electron chi connectivity index (χ0n) is 17.9.